The molecule has 3 aromatic rings. The number of methoxy groups -OCH3 is 4. The highest BCUT2D eigenvalue weighted by Crippen LogP contribution is 2.35. The Hall–Kier alpha value is -3.52. The lowest BCUT2D eigenvalue weighted by molar-refractivity contribution is 0.349. The van der Waals surface area contributed by atoms with E-state index in [2.05, 4.69) is 4.99 Å². The standard InChI is InChI=1S/C23H23NO6S/c1-27-20-11-10-18(31(25,26)17-8-6-5-7-9-17)13-19(20)24-15-16-12-22(29-3)23(30-4)14-21(16)28-2/h5-15H,1-4H3. The Balaban J connectivity index is 2.06. The lowest BCUT2D eigenvalue weighted by Gasteiger charge is -2.12. The zero-order valence-electron chi connectivity index (χ0n) is 17.7. The van der Waals surface area contributed by atoms with Gasteiger partial charge in [0.15, 0.2) is 11.5 Å². The van der Waals surface area contributed by atoms with E-state index in [1.54, 1.807) is 54.7 Å². The van der Waals surface area contributed by atoms with Gasteiger partial charge >= 0.3 is 0 Å². The minimum Gasteiger partial charge on any atom is -0.496 e. The first-order valence-corrected chi connectivity index (χ1v) is 10.7. The summed E-state index contributed by atoms with van der Waals surface area (Å²) < 4.78 is 47.3. The number of hydrogen-bond acceptors (Lipinski definition) is 7. The van der Waals surface area contributed by atoms with Crippen LogP contribution in [0.15, 0.2) is 75.4 Å². The smallest absolute Gasteiger partial charge is 0.206 e. The molecule has 0 spiro atoms. The van der Waals surface area contributed by atoms with Gasteiger partial charge in [-0.3, -0.25) is 4.99 Å². The van der Waals surface area contributed by atoms with Crippen LogP contribution in [0.2, 0.25) is 0 Å². The van der Waals surface area contributed by atoms with Crippen molar-refractivity contribution in [1.29, 1.82) is 0 Å². The topological polar surface area (TPSA) is 83.4 Å². The minimum atomic E-state index is -3.69. The summed E-state index contributed by atoms with van der Waals surface area (Å²) in [6.07, 6.45) is 1.55. The first-order valence-electron chi connectivity index (χ1n) is 9.26. The highest BCUT2D eigenvalue weighted by Gasteiger charge is 2.19. The summed E-state index contributed by atoms with van der Waals surface area (Å²) in [5.74, 6) is 1.98. The van der Waals surface area contributed by atoms with Crippen molar-refractivity contribution >= 4 is 21.7 Å². The van der Waals surface area contributed by atoms with Crippen molar-refractivity contribution in [3.8, 4) is 23.0 Å². The van der Waals surface area contributed by atoms with Gasteiger partial charge < -0.3 is 18.9 Å². The van der Waals surface area contributed by atoms with Crippen LogP contribution in [0.1, 0.15) is 5.56 Å². The van der Waals surface area contributed by atoms with E-state index in [1.807, 2.05) is 0 Å². The quantitative estimate of drug-likeness (QED) is 0.485. The van der Waals surface area contributed by atoms with Crippen LogP contribution in [0, 0.1) is 0 Å². The molecule has 0 atom stereocenters. The fourth-order valence-corrected chi connectivity index (χ4v) is 4.27. The average Bonchev–Trinajstić information content (AvgIpc) is 2.82. The van der Waals surface area contributed by atoms with Crippen molar-refractivity contribution in [3.05, 3.63) is 66.2 Å². The Morgan fingerprint density at radius 2 is 1.29 bits per heavy atom. The van der Waals surface area contributed by atoms with Crippen molar-refractivity contribution in [2.24, 2.45) is 4.99 Å². The summed E-state index contributed by atoms with van der Waals surface area (Å²) in [7, 11) is 2.41. The molecule has 3 rings (SSSR count). The molecule has 162 valence electrons. The normalized spacial score (nSPS) is 11.4. The average molecular weight is 442 g/mol. The summed E-state index contributed by atoms with van der Waals surface area (Å²) in [4.78, 5) is 4.79. The number of hydrogen-bond donors (Lipinski definition) is 0. The molecule has 7 nitrogen and oxygen atoms in total. The second kappa shape index (κ2) is 9.53. The number of aliphatic imine (C=N–C) groups is 1. The maximum atomic E-state index is 13.0. The van der Waals surface area contributed by atoms with Gasteiger partial charge in [-0.15, -0.1) is 0 Å². The molecule has 0 saturated heterocycles. The molecule has 0 aliphatic carbocycles. The number of sulfone groups is 1. The highest BCUT2D eigenvalue weighted by molar-refractivity contribution is 7.91. The third-order valence-electron chi connectivity index (χ3n) is 4.59. The largest absolute Gasteiger partial charge is 0.496 e. The second-order valence-corrected chi connectivity index (χ2v) is 8.31. The van der Waals surface area contributed by atoms with Gasteiger partial charge in [-0.2, -0.15) is 0 Å². The van der Waals surface area contributed by atoms with Gasteiger partial charge in [0.2, 0.25) is 9.84 Å². The van der Waals surface area contributed by atoms with Crippen LogP contribution in [0.25, 0.3) is 0 Å². The molecule has 0 unspecified atom stereocenters. The molecule has 0 aliphatic heterocycles. The first-order chi connectivity index (χ1) is 14.9. The highest BCUT2D eigenvalue weighted by atomic mass is 32.2. The van der Waals surface area contributed by atoms with Gasteiger partial charge in [0.1, 0.15) is 17.2 Å². The van der Waals surface area contributed by atoms with E-state index in [9.17, 15) is 8.42 Å². The van der Waals surface area contributed by atoms with Crippen LogP contribution in [0.5, 0.6) is 23.0 Å². The van der Waals surface area contributed by atoms with Crippen molar-refractivity contribution in [2.75, 3.05) is 28.4 Å². The van der Waals surface area contributed by atoms with E-state index in [4.69, 9.17) is 18.9 Å². The summed E-state index contributed by atoms with van der Waals surface area (Å²) in [5.41, 5.74) is 0.981. The van der Waals surface area contributed by atoms with Gasteiger partial charge in [-0.1, -0.05) is 18.2 Å². The molecular weight excluding hydrogens is 418 g/mol. The zero-order valence-corrected chi connectivity index (χ0v) is 18.5. The van der Waals surface area contributed by atoms with E-state index >= 15 is 0 Å². The van der Waals surface area contributed by atoms with Gasteiger partial charge in [0, 0.05) is 17.8 Å². The molecule has 0 aliphatic rings. The molecule has 0 bridgehead atoms. The lowest BCUT2D eigenvalue weighted by Crippen LogP contribution is -2.02. The lowest BCUT2D eigenvalue weighted by atomic mass is 10.2. The van der Waals surface area contributed by atoms with Gasteiger partial charge in [-0.05, 0) is 36.4 Å². The second-order valence-electron chi connectivity index (χ2n) is 6.36. The van der Waals surface area contributed by atoms with Gasteiger partial charge in [-0.25, -0.2) is 8.42 Å². The van der Waals surface area contributed by atoms with Crippen LogP contribution < -0.4 is 18.9 Å². The monoisotopic (exact) mass is 441 g/mol. The van der Waals surface area contributed by atoms with E-state index in [1.165, 1.54) is 40.6 Å². The number of ether oxygens (including phenoxy) is 4. The van der Waals surface area contributed by atoms with E-state index in [0.717, 1.165) is 0 Å². The summed E-state index contributed by atoms with van der Waals surface area (Å²) in [5, 5.41) is 0. The fraction of sp³-hybridized carbons (Fsp3) is 0.174. The maximum absolute atomic E-state index is 13.0. The summed E-state index contributed by atoms with van der Waals surface area (Å²) in [6, 6.07) is 16.2. The third kappa shape index (κ3) is 4.64. The molecule has 0 heterocycles. The number of rotatable bonds is 8. The van der Waals surface area contributed by atoms with Crippen molar-refractivity contribution < 1.29 is 27.4 Å². The predicted octanol–water partition coefficient (Wildman–Crippen LogP) is 4.30. The first kappa shape index (κ1) is 22.2. The Bertz CT molecular complexity index is 1190. The molecule has 0 N–H and O–H groups in total. The predicted molar refractivity (Wildman–Crippen MR) is 118 cm³/mol. The van der Waals surface area contributed by atoms with Crippen molar-refractivity contribution in [1.82, 2.24) is 0 Å². The Morgan fingerprint density at radius 1 is 0.677 bits per heavy atom. The summed E-state index contributed by atoms with van der Waals surface area (Å²) in [6.45, 7) is 0. The van der Waals surface area contributed by atoms with Crippen LogP contribution in [-0.2, 0) is 9.84 Å². The Morgan fingerprint density at radius 3 is 1.90 bits per heavy atom. The van der Waals surface area contributed by atoms with E-state index < -0.39 is 9.84 Å². The molecule has 3 aromatic carbocycles. The summed E-state index contributed by atoms with van der Waals surface area (Å²) >= 11 is 0. The number of nitrogens with zero attached hydrogens (tertiary/aromatic N) is 1. The molecule has 0 radical (unpaired) electrons. The van der Waals surface area contributed by atoms with Crippen LogP contribution >= 0.6 is 0 Å². The van der Waals surface area contributed by atoms with Crippen molar-refractivity contribution in [2.45, 2.75) is 9.79 Å². The Kier molecular flexibility index (Phi) is 6.81. The van der Waals surface area contributed by atoms with Gasteiger partial charge in [0.25, 0.3) is 0 Å². The minimum absolute atomic E-state index is 0.117. The Labute approximate surface area is 181 Å². The van der Waals surface area contributed by atoms with Crippen LogP contribution in [0.3, 0.4) is 0 Å². The molecule has 0 amide bonds. The fourth-order valence-electron chi connectivity index (χ4n) is 2.97. The van der Waals surface area contributed by atoms with Gasteiger partial charge in [0.05, 0.1) is 38.2 Å². The number of benzene rings is 3. The zero-order chi connectivity index (χ0) is 22.4. The molecular formula is C23H23NO6S. The maximum Gasteiger partial charge on any atom is 0.206 e. The van der Waals surface area contributed by atoms with Crippen LogP contribution in [0.4, 0.5) is 5.69 Å². The molecule has 0 aromatic heterocycles. The molecule has 0 fully saturated rings. The van der Waals surface area contributed by atoms with E-state index in [0.29, 0.717) is 34.2 Å². The SMILES string of the molecule is COc1cc(OC)c(OC)cc1C=Nc1cc(S(=O)(=O)c2ccccc2)ccc1OC. The third-order valence-corrected chi connectivity index (χ3v) is 6.36. The molecule has 8 heteroatoms. The van der Waals surface area contributed by atoms with Crippen LogP contribution in [-0.4, -0.2) is 43.1 Å². The van der Waals surface area contributed by atoms with Crippen molar-refractivity contribution in [3.63, 3.8) is 0 Å². The molecule has 31 heavy (non-hydrogen) atoms. The molecule has 0 saturated carbocycles. The van der Waals surface area contributed by atoms with E-state index in [-0.39, 0.29) is 9.79 Å².